The molecule has 0 radical (unpaired) electrons. The number of ether oxygens (including phenoxy) is 1. The van der Waals surface area contributed by atoms with Gasteiger partial charge in [-0.05, 0) is 43.4 Å². The number of carbonyl (C=O) groups is 1. The Morgan fingerprint density at radius 1 is 1.13 bits per heavy atom. The predicted octanol–water partition coefficient (Wildman–Crippen LogP) is 4.08. The van der Waals surface area contributed by atoms with Crippen molar-refractivity contribution in [2.24, 2.45) is 0 Å². The molecule has 1 unspecified atom stereocenters. The van der Waals surface area contributed by atoms with Crippen molar-refractivity contribution in [2.75, 3.05) is 32.1 Å². The largest absolute Gasteiger partial charge is 0.470 e. The molecule has 1 atom stereocenters. The molecule has 1 saturated carbocycles. The first-order chi connectivity index (χ1) is 14.5. The van der Waals surface area contributed by atoms with Gasteiger partial charge in [0.1, 0.15) is 6.10 Å². The number of piperidine rings is 1. The lowest BCUT2D eigenvalue weighted by Gasteiger charge is -2.39. The Balaban J connectivity index is 1.52. The number of amides is 1. The molecule has 2 aliphatic rings. The highest BCUT2D eigenvalue weighted by Crippen LogP contribution is 2.43. The van der Waals surface area contributed by atoms with E-state index >= 15 is 0 Å². The lowest BCUT2D eigenvalue weighted by molar-refractivity contribution is -0.140. The van der Waals surface area contributed by atoms with Crippen molar-refractivity contribution in [3.63, 3.8) is 0 Å². The van der Waals surface area contributed by atoms with Crippen molar-refractivity contribution >= 4 is 23.3 Å². The SMILES string of the molecule is CN(C)c1nccnc1OC1CCCN(C(=O)C2(c3ccc(Cl)cc3)CCCC2)C1. The Morgan fingerprint density at radius 2 is 1.83 bits per heavy atom. The van der Waals surface area contributed by atoms with Gasteiger partial charge < -0.3 is 14.5 Å². The van der Waals surface area contributed by atoms with Crippen LogP contribution >= 0.6 is 11.6 Å². The monoisotopic (exact) mass is 428 g/mol. The summed E-state index contributed by atoms with van der Waals surface area (Å²) < 4.78 is 6.22. The molecule has 6 nitrogen and oxygen atoms in total. The lowest BCUT2D eigenvalue weighted by Crippen LogP contribution is -2.51. The third kappa shape index (κ3) is 4.10. The van der Waals surface area contributed by atoms with Gasteiger partial charge in [0, 0.05) is 38.1 Å². The minimum atomic E-state index is -0.437. The van der Waals surface area contributed by atoms with E-state index in [1.165, 1.54) is 0 Å². The van der Waals surface area contributed by atoms with E-state index in [0.717, 1.165) is 50.6 Å². The van der Waals surface area contributed by atoms with Gasteiger partial charge in [-0.1, -0.05) is 36.6 Å². The van der Waals surface area contributed by atoms with Gasteiger partial charge in [0.15, 0.2) is 5.82 Å². The maximum absolute atomic E-state index is 13.8. The average molecular weight is 429 g/mol. The third-order valence-corrected chi connectivity index (χ3v) is 6.53. The number of hydrogen-bond donors (Lipinski definition) is 0. The first-order valence-electron chi connectivity index (χ1n) is 10.7. The molecule has 1 aromatic heterocycles. The number of benzene rings is 1. The number of rotatable bonds is 5. The van der Waals surface area contributed by atoms with Crippen LogP contribution in [-0.4, -0.2) is 54.1 Å². The summed E-state index contributed by atoms with van der Waals surface area (Å²) in [6.45, 7) is 1.35. The highest BCUT2D eigenvalue weighted by atomic mass is 35.5. The highest BCUT2D eigenvalue weighted by molar-refractivity contribution is 6.30. The normalized spacial score (nSPS) is 20.8. The highest BCUT2D eigenvalue weighted by Gasteiger charge is 2.45. The molecule has 30 heavy (non-hydrogen) atoms. The van der Waals surface area contributed by atoms with E-state index < -0.39 is 5.41 Å². The summed E-state index contributed by atoms with van der Waals surface area (Å²) in [5.74, 6) is 1.45. The summed E-state index contributed by atoms with van der Waals surface area (Å²) in [5.41, 5.74) is 0.648. The molecule has 160 valence electrons. The molecule has 2 aromatic rings. The number of hydrogen-bond acceptors (Lipinski definition) is 5. The van der Waals surface area contributed by atoms with Crippen LogP contribution in [0.25, 0.3) is 0 Å². The number of carbonyl (C=O) groups excluding carboxylic acids is 1. The number of nitrogens with zero attached hydrogens (tertiary/aromatic N) is 4. The van der Waals surface area contributed by atoms with Crippen LogP contribution in [-0.2, 0) is 10.2 Å². The van der Waals surface area contributed by atoms with Crippen molar-refractivity contribution in [1.29, 1.82) is 0 Å². The Labute approximate surface area is 183 Å². The van der Waals surface area contributed by atoms with E-state index in [2.05, 4.69) is 9.97 Å². The minimum absolute atomic E-state index is 0.0817. The van der Waals surface area contributed by atoms with Gasteiger partial charge in [0.25, 0.3) is 5.88 Å². The summed E-state index contributed by atoms with van der Waals surface area (Å²) in [6.07, 6.45) is 8.99. The third-order valence-electron chi connectivity index (χ3n) is 6.28. The molecule has 7 heteroatoms. The zero-order valence-corrected chi connectivity index (χ0v) is 18.4. The van der Waals surface area contributed by atoms with Gasteiger partial charge in [0.2, 0.25) is 5.91 Å². The van der Waals surface area contributed by atoms with E-state index in [0.29, 0.717) is 23.3 Å². The zero-order valence-electron chi connectivity index (χ0n) is 17.7. The standard InChI is InChI=1S/C23H29ClN4O2/c1-27(2)20-21(26-14-13-25-20)30-19-6-5-15-28(16-19)22(29)23(11-3-4-12-23)17-7-9-18(24)10-8-17/h7-10,13-14,19H,3-6,11-12,15-16H2,1-2H3. The molecule has 2 heterocycles. The molecule has 1 saturated heterocycles. The minimum Gasteiger partial charge on any atom is -0.470 e. The number of halogens is 1. The topological polar surface area (TPSA) is 58.6 Å². The predicted molar refractivity (Wildman–Crippen MR) is 118 cm³/mol. The van der Waals surface area contributed by atoms with E-state index in [1.54, 1.807) is 12.4 Å². The van der Waals surface area contributed by atoms with Crippen molar-refractivity contribution in [3.8, 4) is 5.88 Å². The van der Waals surface area contributed by atoms with Crippen LogP contribution in [0.2, 0.25) is 5.02 Å². The van der Waals surface area contributed by atoms with Crippen LogP contribution in [0.5, 0.6) is 5.88 Å². The first kappa shape index (κ1) is 20.9. The molecule has 1 aromatic carbocycles. The van der Waals surface area contributed by atoms with Gasteiger partial charge in [-0.2, -0.15) is 0 Å². The van der Waals surface area contributed by atoms with E-state index in [-0.39, 0.29) is 12.0 Å². The quantitative estimate of drug-likeness (QED) is 0.718. The van der Waals surface area contributed by atoms with Gasteiger partial charge in [-0.25, -0.2) is 9.97 Å². The number of aromatic nitrogens is 2. The second-order valence-electron chi connectivity index (χ2n) is 8.51. The summed E-state index contributed by atoms with van der Waals surface area (Å²) in [4.78, 5) is 26.4. The first-order valence-corrected chi connectivity index (χ1v) is 11.1. The Kier molecular flexibility index (Phi) is 6.14. The summed E-state index contributed by atoms with van der Waals surface area (Å²) >= 11 is 6.10. The molecule has 0 N–H and O–H groups in total. The van der Waals surface area contributed by atoms with Crippen LogP contribution in [0, 0.1) is 0 Å². The Morgan fingerprint density at radius 3 is 2.53 bits per heavy atom. The number of likely N-dealkylation sites (tertiary alicyclic amines) is 1. The van der Waals surface area contributed by atoms with E-state index in [4.69, 9.17) is 16.3 Å². The second-order valence-corrected chi connectivity index (χ2v) is 8.95. The molecule has 2 fully saturated rings. The smallest absolute Gasteiger partial charge is 0.257 e. The van der Waals surface area contributed by atoms with Crippen molar-refractivity contribution in [1.82, 2.24) is 14.9 Å². The van der Waals surface area contributed by atoms with Crippen molar-refractivity contribution in [3.05, 3.63) is 47.2 Å². The number of anilines is 1. The molecule has 1 aliphatic carbocycles. The molecular formula is C23H29ClN4O2. The van der Waals surface area contributed by atoms with Crippen LogP contribution in [0.3, 0.4) is 0 Å². The fraction of sp³-hybridized carbons (Fsp3) is 0.522. The van der Waals surface area contributed by atoms with Crippen LogP contribution in [0.1, 0.15) is 44.1 Å². The fourth-order valence-corrected chi connectivity index (χ4v) is 4.89. The summed E-state index contributed by atoms with van der Waals surface area (Å²) in [6, 6.07) is 7.82. The van der Waals surface area contributed by atoms with Crippen molar-refractivity contribution in [2.45, 2.75) is 50.0 Å². The van der Waals surface area contributed by atoms with E-state index in [9.17, 15) is 4.79 Å². The molecule has 1 aliphatic heterocycles. The van der Waals surface area contributed by atoms with Gasteiger partial charge >= 0.3 is 0 Å². The maximum Gasteiger partial charge on any atom is 0.257 e. The molecular weight excluding hydrogens is 400 g/mol. The molecule has 4 rings (SSSR count). The molecule has 1 amide bonds. The van der Waals surface area contributed by atoms with Crippen LogP contribution in [0.15, 0.2) is 36.7 Å². The van der Waals surface area contributed by atoms with Gasteiger partial charge in [-0.3, -0.25) is 4.79 Å². The zero-order chi connectivity index (χ0) is 21.1. The lowest BCUT2D eigenvalue weighted by atomic mass is 9.77. The summed E-state index contributed by atoms with van der Waals surface area (Å²) in [7, 11) is 3.84. The maximum atomic E-state index is 13.8. The van der Waals surface area contributed by atoms with Gasteiger partial charge in [-0.15, -0.1) is 0 Å². The van der Waals surface area contributed by atoms with Crippen LogP contribution < -0.4 is 9.64 Å². The summed E-state index contributed by atoms with van der Waals surface area (Å²) in [5, 5.41) is 0.700. The Bertz CT molecular complexity index is 881. The van der Waals surface area contributed by atoms with Gasteiger partial charge in [0.05, 0.1) is 12.0 Å². The Hall–Kier alpha value is -2.34. The van der Waals surface area contributed by atoms with E-state index in [1.807, 2.05) is 48.2 Å². The second kappa shape index (κ2) is 8.80. The van der Waals surface area contributed by atoms with Crippen LogP contribution in [0.4, 0.5) is 5.82 Å². The fourth-order valence-electron chi connectivity index (χ4n) is 4.76. The van der Waals surface area contributed by atoms with Crippen molar-refractivity contribution < 1.29 is 9.53 Å². The molecule has 0 spiro atoms. The average Bonchev–Trinajstić information content (AvgIpc) is 3.25. The molecule has 0 bridgehead atoms.